The van der Waals surface area contributed by atoms with Crippen molar-refractivity contribution in [2.24, 2.45) is 0 Å². The predicted octanol–water partition coefficient (Wildman–Crippen LogP) is 2.97. The van der Waals surface area contributed by atoms with Gasteiger partial charge in [-0.3, -0.25) is 0 Å². The van der Waals surface area contributed by atoms with Crippen LogP contribution in [-0.2, 0) is 5.88 Å². The summed E-state index contributed by atoms with van der Waals surface area (Å²) in [4.78, 5) is 4.31. The molecule has 0 saturated carbocycles. The number of pyridine rings is 1. The Hall–Kier alpha value is -1.06. The summed E-state index contributed by atoms with van der Waals surface area (Å²) in [6.45, 7) is 1.97. The first-order valence-electron chi connectivity index (χ1n) is 4.44. The summed E-state index contributed by atoms with van der Waals surface area (Å²) >= 11 is 11.6. The van der Waals surface area contributed by atoms with Gasteiger partial charge in [0, 0.05) is 6.20 Å². The zero-order valence-corrected chi connectivity index (χ0v) is 9.63. The van der Waals surface area contributed by atoms with Gasteiger partial charge in [-0.25, -0.2) is 9.67 Å². The van der Waals surface area contributed by atoms with Crippen molar-refractivity contribution >= 4 is 23.2 Å². The maximum Gasteiger partial charge on any atom is 0.153 e. The molecule has 78 valence electrons. The standard InChI is InChI=1S/C10H9Cl2N3/c1-7-5-13-15(6-7)10-3-2-8(12)9(4-11)14-10/h2-3,5-6H,4H2,1H3. The molecule has 2 aromatic rings. The van der Waals surface area contributed by atoms with Crippen LogP contribution in [0.15, 0.2) is 24.5 Å². The van der Waals surface area contributed by atoms with Crippen molar-refractivity contribution in [1.82, 2.24) is 14.8 Å². The molecular weight excluding hydrogens is 233 g/mol. The van der Waals surface area contributed by atoms with Crippen LogP contribution >= 0.6 is 23.2 Å². The SMILES string of the molecule is Cc1cnn(-c2ccc(Cl)c(CCl)n2)c1. The molecular formula is C10H9Cl2N3. The number of aryl methyl sites for hydroxylation is 1. The summed E-state index contributed by atoms with van der Waals surface area (Å²) in [6, 6.07) is 3.59. The van der Waals surface area contributed by atoms with Crippen molar-refractivity contribution < 1.29 is 0 Å². The lowest BCUT2D eigenvalue weighted by atomic mass is 10.3. The molecule has 2 aromatic heterocycles. The molecule has 0 N–H and O–H groups in total. The number of alkyl halides is 1. The zero-order valence-electron chi connectivity index (χ0n) is 8.11. The first-order chi connectivity index (χ1) is 7.20. The van der Waals surface area contributed by atoms with Gasteiger partial charge < -0.3 is 0 Å². The molecule has 0 unspecified atom stereocenters. The van der Waals surface area contributed by atoms with Crippen LogP contribution < -0.4 is 0 Å². The molecule has 0 aliphatic carbocycles. The highest BCUT2D eigenvalue weighted by Gasteiger charge is 2.04. The van der Waals surface area contributed by atoms with Gasteiger partial charge in [-0.2, -0.15) is 5.10 Å². The molecule has 2 heterocycles. The number of aromatic nitrogens is 3. The maximum absolute atomic E-state index is 5.91. The summed E-state index contributed by atoms with van der Waals surface area (Å²) in [5.74, 6) is 1.02. The number of nitrogens with zero attached hydrogens (tertiary/aromatic N) is 3. The Morgan fingerprint density at radius 1 is 1.40 bits per heavy atom. The van der Waals surface area contributed by atoms with Gasteiger partial charge >= 0.3 is 0 Å². The number of halogens is 2. The third-order valence-electron chi connectivity index (χ3n) is 1.98. The van der Waals surface area contributed by atoms with E-state index in [1.807, 2.05) is 19.2 Å². The van der Waals surface area contributed by atoms with Gasteiger partial charge in [0.15, 0.2) is 5.82 Å². The second kappa shape index (κ2) is 4.21. The van der Waals surface area contributed by atoms with Crippen LogP contribution in [0.2, 0.25) is 5.02 Å². The zero-order chi connectivity index (χ0) is 10.8. The lowest BCUT2D eigenvalue weighted by molar-refractivity contribution is 0.839. The summed E-state index contributed by atoms with van der Waals surface area (Å²) in [5.41, 5.74) is 1.75. The summed E-state index contributed by atoms with van der Waals surface area (Å²) in [7, 11) is 0. The lowest BCUT2D eigenvalue weighted by Crippen LogP contribution is -2.00. The fourth-order valence-electron chi connectivity index (χ4n) is 1.23. The Bertz CT molecular complexity index is 479. The molecule has 0 atom stereocenters. The molecule has 0 saturated heterocycles. The molecule has 15 heavy (non-hydrogen) atoms. The van der Waals surface area contributed by atoms with Gasteiger partial charge in [-0.05, 0) is 24.6 Å². The monoisotopic (exact) mass is 241 g/mol. The smallest absolute Gasteiger partial charge is 0.153 e. The fraction of sp³-hybridized carbons (Fsp3) is 0.200. The van der Waals surface area contributed by atoms with Gasteiger partial charge in [0.25, 0.3) is 0 Å². The number of hydrogen-bond donors (Lipinski definition) is 0. The van der Waals surface area contributed by atoms with E-state index < -0.39 is 0 Å². The van der Waals surface area contributed by atoms with Crippen LogP contribution in [0.25, 0.3) is 5.82 Å². The summed E-state index contributed by atoms with van der Waals surface area (Å²) in [6.07, 6.45) is 3.67. The Morgan fingerprint density at radius 2 is 2.20 bits per heavy atom. The minimum atomic E-state index is 0.299. The van der Waals surface area contributed by atoms with E-state index in [1.165, 1.54) is 0 Å². The molecule has 2 rings (SSSR count). The van der Waals surface area contributed by atoms with Gasteiger partial charge in [-0.15, -0.1) is 11.6 Å². The maximum atomic E-state index is 5.91. The Balaban J connectivity index is 2.45. The van der Waals surface area contributed by atoms with Crippen LogP contribution in [0.1, 0.15) is 11.3 Å². The molecule has 0 bridgehead atoms. The molecule has 3 nitrogen and oxygen atoms in total. The normalized spacial score (nSPS) is 10.6. The van der Waals surface area contributed by atoms with Crippen molar-refractivity contribution in [3.8, 4) is 5.82 Å². The highest BCUT2D eigenvalue weighted by Crippen LogP contribution is 2.17. The van der Waals surface area contributed by atoms with Crippen LogP contribution in [-0.4, -0.2) is 14.8 Å². The first kappa shape index (κ1) is 10.5. The Morgan fingerprint density at radius 3 is 2.80 bits per heavy atom. The fourth-order valence-corrected chi connectivity index (χ4v) is 1.68. The summed E-state index contributed by atoms with van der Waals surface area (Å²) < 4.78 is 1.70. The number of hydrogen-bond acceptors (Lipinski definition) is 2. The van der Waals surface area contributed by atoms with Gasteiger partial charge in [0.05, 0.1) is 22.8 Å². The third-order valence-corrected chi connectivity index (χ3v) is 2.57. The van der Waals surface area contributed by atoms with Crippen molar-refractivity contribution in [3.05, 3.63) is 40.8 Å². The van der Waals surface area contributed by atoms with Gasteiger partial charge in [-0.1, -0.05) is 11.6 Å². The summed E-state index contributed by atoms with van der Waals surface area (Å²) in [5, 5.41) is 4.74. The minimum Gasteiger partial charge on any atom is -0.231 e. The molecule has 0 aliphatic heterocycles. The highest BCUT2D eigenvalue weighted by molar-refractivity contribution is 6.32. The van der Waals surface area contributed by atoms with Crippen LogP contribution in [0, 0.1) is 6.92 Å². The van der Waals surface area contributed by atoms with Crippen molar-refractivity contribution in [2.75, 3.05) is 0 Å². The first-order valence-corrected chi connectivity index (χ1v) is 5.35. The Labute approximate surface area is 97.7 Å². The molecule has 0 spiro atoms. The minimum absolute atomic E-state index is 0.299. The van der Waals surface area contributed by atoms with Crippen LogP contribution in [0.3, 0.4) is 0 Å². The van der Waals surface area contributed by atoms with E-state index in [4.69, 9.17) is 23.2 Å². The van der Waals surface area contributed by atoms with Crippen molar-refractivity contribution in [3.63, 3.8) is 0 Å². The molecule has 0 aliphatic rings. The highest BCUT2D eigenvalue weighted by atomic mass is 35.5. The molecule has 0 radical (unpaired) electrons. The quantitative estimate of drug-likeness (QED) is 0.758. The average Bonchev–Trinajstić information content (AvgIpc) is 2.66. The average molecular weight is 242 g/mol. The second-order valence-electron chi connectivity index (χ2n) is 3.19. The molecule has 5 heteroatoms. The number of rotatable bonds is 2. The van der Waals surface area contributed by atoms with Crippen LogP contribution in [0.5, 0.6) is 0 Å². The Kier molecular flexibility index (Phi) is 2.93. The topological polar surface area (TPSA) is 30.7 Å². The predicted molar refractivity (Wildman–Crippen MR) is 60.7 cm³/mol. The second-order valence-corrected chi connectivity index (χ2v) is 3.87. The molecule has 0 aromatic carbocycles. The molecule has 0 amide bonds. The lowest BCUT2D eigenvalue weighted by Gasteiger charge is -2.03. The van der Waals surface area contributed by atoms with E-state index in [0.717, 1.165) is 11.4 Å². The largest absolute Gasteiger partial charge is 0.231 e. The van der Waals surface area contributed by atoms with E-state index in [-0.39, 0.29) is 0 Å². The van der Waals surface area contributed by atoms with Gasteiger partial charge in [0.2, 0.25) is 0 Å². The van der Waals surface area contributed by atoms with E-state index in [1.54, 1.807) is 16.9 Å². The van der Waals surface area contributed by atoms with E-state index in [9.17, 15) is 0 Å². The van der Waals surface area contributed by atoms with Crippen molar-refractivity contribution in [1.29, 1.82) is 0 Å². The van der Waals surface area contributed by atoms with Crippen LogP contribution in [0.4, 0.5) is 0 Å². The van der Waals surface area contributed by atoms with Crippen molar-refractivity contribution in [2.45, 2.75) is 12.8 Å². The van der Waals surface area contributed by atoms with E-state index >= 15 is 0 Å². The third kappa shape index (κ3) is 2.13. The van der Waals surface area contributed by atoms with E-state index in [2.05, 4.69) is 10.1 Å². The van der Waals surface area contributed by atoms with Gasteiger partial charge in [0.1, 0.15) is 0 Å². The molecule has 0 fully saturated rings. The van der Waals surface area contributed by atoms with E-state index in [0.29, 0.717) is 16.6 Å².